The lowest BCUT2D eigenvalue weighted by atomic mass is 10.2. The number of hydrogen-bond donors (Lipinski definition) is 1. The maximum Gasteiger partial charge on any atom is 0.338 e. The lowest BCUT2D eigenvalue weighted by Crippen LogP contribution is -2.32. The van der Waals surface area contributed by atoms with Gasteiger partial charge in [-0.2, -0.15) is 0 Å². The summed E-state index contributed by atoms with van der Waals surface area (Å²) in [5.74, 6) is -0.770. The highest BCUT2D eigenvalue weighted by Crippen LogP contribution is 2.24. The van der Waals surface area contributed by atoms with Crippen LogP contribution in [-0.4, -0.2) is 43.0 Å². The summed E-state index contributed by atoms with van der Waals surface area (Å²) in [6.45, 7) is 2.35. The zero-order chi connectivity index (χ0) is 23.6. The number of ether oxygens (including phenoxy) is 2. The van der Waals surface area contributed by atoms with Gasteiger partial charge in [0.1, 0.15) is 17.1 Å². The average molecular weight is 492 g/mol. The Balaban J connectivity index is 1.48. The second kappa shape index (κ2) is 9.60. The van der Waals surface area contributed by atoms with E-state index < -0.39 is 16.0 Å². The highest BCUT2D eigenvalue weighted by atomic mass is 35.5. The van der Waals surface area contributed by atoms with E-state index in [9.17, 15) is 18.0 Å². The summed E-state index contributed by atoms with van der Waals surface area (Å²) in [7, 11) is -3.96. The molecule has 0 radical (unpaired) electrons. The molecule has 1 fully saturated rings. The Hall–Kier alpha value is -2.79. The predicted octanol–water partition coefficient (Wildman–Crippen LogP) is 2.47. The molecule has 0 bridgehead atoms. The molecular formula is C22H22ClN3O6S. The number of fused-ring (bicyclic) bond motifs is 1. The number of hydrogen-bond acceptors (Lipinski definition) is 7. The Morgan fingerprint density at radius 3 is 2.88 bits per heavy atom. The molecule has 2 aromatic heterocycles. The van der Waals surface area contributed by atoms with Gasteiger partial charge in [0.15, 0.2) is 0 Å². The summed E-state index contributed by atoms with van der Waals surface area (Å²) in [6, 6.07) is 8.67. The molecule has 33 heavy (non-hydrogen) atoms. The van der Waals surface area contributed by atoms with Crippen molar-refractivity contribution in [3.05, 3.63) is 74.8 Å². The van der Waals surface area contributed by atoms with Crippen LogP contribution in [0.2, 0.25) is 5.02 Å². The van der Waals surface area contributed by atoms with E-state index >= 15 is 0 Å². The number of aryl methyl sites for hydroxylation is 1. The number of carbonyl (C=O) groups is 1. The van der Waals surface area contributed by atoms with Crippen LogP contribution in [0.25, 0.3) is 5.65 Å². The van der Waals surface area contributed by atoms with E-state index in [-0.39, 0.29) is 46.0 Å². The van der Waals surface area contributed by atoms with Gasteiger partial charge in [0, 0.05) is 25.4 Å². The Bertz CT molecular complexity index is 1370. The van der Waals surface area contributed by atoms with Crippen LogP contribution < -0.4 is 10.3 Å². The van der Waals surface area contributed by atoms with E-state index in [2.05, 4.69) is 9.71 Å². The first-order valence-corrected chi connectivity index (χ1v) is 12.2. The van der Waals surface area contributed by atoms with E-state index in [1.165, 1.54) is 22.6 Å². The molecule has 1 saturated heterocycles. The van der Waals surface area contributed by atoms with E-state index in [1.807, 2.05) is 6.92 Å². The minimum Gasteiger partial charge on any atom is -0.456 e. The fraction of sp³-hybridized carbons (Fsp3) is 0.318. The number of esters is 1. The minimum atomic E-state index is -3.96. The molecule has 1 aliphatic rings. The number of rotatable bonds is 7. The van der Waals surface area contributed by atoms with Gasteiger partial charge in [-0.3, -0.25) is 9.20 Å². The van der Waals surface area contributed by atoms with Crippen molar-refractivity contribution in [2.24, 2.45) is 0 Å². The molecule has 0 spiro atoms. The third kappa shape index (κ3) is 5.41. The van der Waals surface area contributed by atoms with Gasteiger partial charge in [-0.1, -0.05) is 11.6 Å². The van der Waals surface area contributed by atoms with Crippen LogP contribution >= 0.6 is 11.6 Å². The molecule has 11 heteroatoms. The van der Waals surface area contributed by atoms with Crippen molar-refractivity contribution >= 4 is 33.2 Å². The maximum absolute atomic E-state index is 12.7. The smallest absolute Gasteiger partial charge is 0.338 e. The standard InChI is InChI=1S/C22H22ClN3O6S/c1-14-6-7-26-20(9-14)25-16(11-21(26)27)13-32-22(28)15-4-5-18(23)19(10-15)33(29,30)24-12-17-3-2-8-31-17/h4-7,9-11,17,24H,2-3,8,12-13H2,1H3. The van der Waals surface area contributed by atoms with Crippen LogP contribution in [0.4, 0.5) is 0 Å². The van der Waals surface area contributed by atoms with Crippen molar-refractivity contribution in [3.63, 3.8) is 0 Å². The third-order valence-electron chi connectivity index (χ3n) is 5.21. The van der Waals surface area contributed by atoms with Crippen molar-refractivity contribution in [2.45, 2.75) is 37.4 Å². The minimum absolute atomic E-state index is 0.00486. The molecule has 9 nitrogen and oxygen atoms in total. The number of nitrogens with one attached hydrogen (secondary N) is 1. The summed E-state index contributed by atoms with van der Waals surface area (Å²) < 4.78 is 40.0. The van der Waals surface area contributed by atoms with Crippen LogP contribution in [0.15, 0.2) is 52.3 Å². The second-order valence-electron chi connectivity index (χ2n) is 7.73. The van der Waals surface area contributed by atoms with Gasteiger partial charge in [-0.15, -0.1) is 0 Å². The fourth-order valence-corrected chi connectivity index (χ4v) is 5.06. The first kappa shape index (κ1) is 23.4. The van der Waals surface area contributed by atoms with E-state index in [0.717, 1.165) is 24.5 Å². The van der Waals surface area contributed by atoms with Gasteiger partial charge in [-0.25, -0.2) is 22.9 Å². The molecule has 174 valence electrons. The quantitative estimate of drug-likeness (QED) is 0.504. The zero-order valence-electron chi connectivity index (χ0n) is 17.8. The van der Waals surface area contributed by atoms with Crippen LogP contribution in [0.1, 0.15) is 34.5 Å². The van der Waals surface area contributed by atoms with E-state index in [4.69, 9.17) is 21.1 Å². The summed E-state index contributed by atoms with van der Waals surface area (Å²) in [5, 5.41) is -0.0222. The van der Waals surface area contributed by atoms with Crippen molar-refractivity contribution in [1.29, 1.82) is 0 Å². The summed E-state index contributed by atoms with van der Waals surface area (Å²) >= 11 is 6.09. The number of benzene rings is 1. The number of nitrogens with zero attached hydrogens (tertiary/aromatic N) is 2. The first-order chi connectivity index (χ1) is 15.7. The Kier molecular flexibility index (Phi) is 6.80. The van der Waals surface area contributed by atoms with Crippen LogP contribution in [0.5, 0.6) is 0 Å². The molecule has 0 aliphatic carbocycles. The van der Waals surface area contributed by atoms with Crippen molar-refractivity contribution in [2.75, 3.05) is 13.2 Å². The lowest BCUT2D eigenvalue weighted by molar-refractivity contribution is 0.0467. The average Bonchev–Trinajstić information content (AvgIpc) is 3.30. The van der Waals surface area contributed by atoms with Gasteiger partial charge in [0.25, 0.3) is 5.56 Å². The molecule has 1 aliphatic heterocycles. The van der Waals surface area contributed by atoms with Gasteiger partial charge >= 0.3 is 5.97 Å². The molecule has 1 N–H and O–H groups in total. The highest BCUT2D eigenvalue weighted by Gasteiger charge is 2.23. The SMILES string of the molecule is Cc1ccn2c(=O)cc(COC(=O)c3ccc(Cl)c(S(=O)(=O)NCC4CCCO4)c3)nc2c1. The number of halogens is 1. The van der Waals surface area contributed by atoms with E-state index in [0.29, 0.717) is 12.3 Å². The fourth-order valence-electron chi connectivity index (χ4n) is 3.47. The summed E-state index contributed by atoms with van der Waals surface area (Å²) in [5.41, 5.74) is 1.34. The molecule has 1 unspecified atom stereocenters. The molecule has 3 heterocycles. The summed E-state index contributed by atoms with van der Waals surface area (Å²) in [4.78, 5) is 28.9. The van der Waals surface area contributed by atoms with E-state index in [1.54, 1.807) is 18.3 Å². The van der Waals surface area contributed by atoms with Crippen molar-refractivity contribution in [3.8, 4) is 0 Å². The molecule has 0 saturated carbocycles. The first-order valence-electron chi connectivity index (χ1n) is 10.3. The Morgan fingerprint density at radius 2 is 2.12 bits per heavy atom. The lowest BCUT2D eigenvalue weighted by Gasteiger charge is -2.13. The highest BCUT2D eigenvalue weighted by molar-refractivity contribution is 7.89. The van der Waals surface area contributed by atoms with Gasteiger partial charge < -0.3 is 9.47 Å². The largest absolute Gasteiger partial charge is 0.456 e. The van der Waals surface area contributed by atoms with Crippen molar-refractivity contribution in [1.82, 2.24) is 14.1 Å². The van der Waals surface area contributed by atoms with Gasteiger partial charge in [-0.05, 0) is 55.7 Å². The number of pyridine rings is 1. The number of carbonyl (C=O) groups excluding carboxylic acids is 1. The maximum atomic E-state index is 12.7. The molecular weight excluding hydrogens is 470 g/mol. The normalized spacial score (nSPS) is 16.2. The number of aromatic nitrogens is 2. The predicted molar refractivity (Wildman–Crippen MR) is 121 cm³/mol. The van der Waals surface area contributed by atoms with Crippen LogP contribution in [-0.2, 0) is 26.1 Å². The molecule has 0 amide bonds. The van der Waals surface area contributed by atoms with Crippen LogP contribution in [0, 0.1) is 6.92 Å². The molecule has 1 aromatic carbocycles. The number of sulfonamides is 1. The second-order valence-corrected chi connectivity index (χ2v) is 9.87. The van der Waals surface area contributed by atoms with Gasteiger partial charge in [0.05, 0.1) is 22.4 Å². The Morgan fingerprint density at radius 1 is 1.30 bits per heavy atom. The van der Waals surface area contributed by atoms with Crippen LogP contribution in [0.3, 0.4) is 0 Å². The zero-order valence-corrected chi connectivity index (χ0v) is 19.4. The van der Waals surface area contributed by atoms with Crippen molar-refractivity contribution < 1.29 is 22.7 Å². The summed E-state index contributed by atoms with van der Waals surface area (Å²) in [6.07, 6.45) is 3.09. The van der Waals surface area contributed by atoms with Gasteiger partial charge in [0.2, 0.25) is 10.0 Å². The Labute approximate surface area is 195 Å². The third-order valence-corrected chi connectivity index (χ3v) is 7.11. The molecule has 1 atom stereocenters. The topological polar surface area (TPSA) is 116 Å². The monoisotopic (exact) mass is 491 g/mol. The molecule has 4 rings (SSSR count). The molecule has 3 aromatic rings.